The van der Waals surface area contributed by atoms with Crippen molar-refractivity contribution >= 4 is 42.9 Å². The van der Waals surface area contributed by atoms with E-state index in [2.05, 4.69) is 41.8 Å². The largest absolute Gasteiger partial charge is 0.253 e. The van der Waals surface area contributed by atoms with E-state index >= 15 is 0 Å². The normalized spacial score (nSPS) is 10.5. The number of fused-ring (bicyclic) bond motifs is 1. The third-order valence-corrected chi connectivity index (χ3v) is 2.55. The molecular formula is C8H4Br2N2. The smallest absolute Gasteiger partial charge is 0.103 e. The lowest BCUT2D eigenvalue weighted by Gasteiger charge is -1.98. The summed E-state index contributed by atoms with van der Waals surface area (Å²) in [7, 11) is 0. The molecule has 12 heavy (non-hydrogen) atoms. The summed E-state index contributed by atoms with van der Waals surface area (Å²) >= 11 is 6.80. The van der Waals surface area contributed by atoms with Crippen molar-refractivity contribution in [2.24, 2.45) is 0 Å². The van der Waals surface area contributed by atoms with Crippen molar-refractivity contribution in [3.63, 3.8) is 0 Å². The van der Waals surface area contributed by atoms with E-state index in [1.54, 1.807) is 12.4 Å². The molecule has 0 saturated heterocycles. The molecule has 0 radical (unpaired) electrons. The molecule has 0 saturated carbocycles. The van der Waals surface area contributed by atoms with Gasteiger partial charge in [-0.1, -0.05) is 15.9 Å². The van der Waals surface area contributed by atoms with Gasteiger partial charge in [-0.25, -0.2) is 0 Å². The summed E-state index contributed by atoms with van der Waals surface area (Å²) in [6.07, 6.45) is 3.36. The molecule has 4 heteroatoms. The van der Waals surface area contributed by atoms with Gasteiger partial charge in [-0.3, -0.25) is 9.97 Å². The number of hydrogen-bond donors (Lipinski definition) is 0. The molecule has 2 aromatic rings. The first kappa shape index (κ1) is 8.13. The van der Waals surface area contributed by atoms with Crippen LogP contribution in [-0.2, 0) is 0 Å². The molecular weight excluding hydrogens is 284 g/mol. The predicted molar refractivity (Wildman–Crippen MR) is 54.9 cm³/mol. The topological polar surface area (TPSA) is 25.8 Å². The SMILES string of the molecule is Brc1cc(Br)c2nccnc2c1. The standard InChI is InChI=1S/C8H4Br2N2/c9-5-3-6(10)8-7(4-5)11-1-2-12-8/h1-4H. The van der Waals surface area contributed by atoms with Gasteiger partial charge in [0.2, 0.25) is 0 Å². The van der Waals surface area contributed by atoms with E-state index in [4.69, 9.17) is 0 Å². The van der Waals surface area contributed by atoms with Crippen molar-refractivity contribution in [2.45, 2.75) is 0 Å². The Morgan fingerprint density at radius 1 is 1.00 bits per heavy atom. The molecule has 0 unspecified atom stereocenters. The molecule has 1 heterocycles. The minimum absolute atomic E-state index is 0.888. The maximum absolute atomic E-state index is 4.19. The molecule has 0 aliphatic rings. The van der Waals surface area contributed by atoms with Gasteiger partial charge < -0.3 is 0 Å². The summed E-state index contributed by atoms with van der Waals surface area (Å²) in [5.74, 6) is 0. The van der Waals surface area contributed by atoms with Crippen LogP contribution in [0.2, 0.25) is 0 Å². The first-order chi connectivity index (χ1) is 5.77. The molecule has 1 aromatic carbocycles. The van der Waals surface area contributed by atoms with Crippen LogP contribution in [-0.4, -0.2) is 9.97 Å². The number of hydrogen-bond acceptors (Lipinski definition) is 2. The van der Waals surface area contributed by atoms with E-state index < -0.39 is 0 Å². The molecule has 0 amide bonds. The van der Waals surface area contributed by atoms with E-state index in [0.29, 0.717) is 0 Å². The van der Waals surface area contributed by atoms with Gasteiger partial charge in [-0.05, 0) is 28.1 Å². The molecule has 2 nitrogen and oxygen atoms in total. The van der Waals surface area contributed by atoms with Gasteiger partial charge in [0.05, 0.1) is 5.52 Å². The second-order valence-electron chi connectivity index (χ2n) is 2.31. The van der Waals surface area contributed by atoms with Crippen molar-refractivity contribution in [3.05, 3.63) is 33.5 Å². The summed E-state index contributed by atoms with van der Waals surface area (Å²) in [6, 6.07) is 3.89. The Balaban J connectivity index is 2.89. The molecule has 0 aliphatic carbocycles. The quantitative estimate of drug-likeness (QED) is 0.744. The van der Waals surface area contributed by atoms with Gasteiger partial charge in [0.25, 0.3) is 0 Å². The lowest BCUT2D eigenvalue weighted by Crippen LogP contribution is -1.82. The highest BCUT2D eigenvalue weighted by atomic mass is 79.9. The van der Waals surface area contributed by atoms with Crippen LogP contribution in [0.5, 0.6) is 0 Å². The maximum Gasteiger partial charge on any atom is 0.103 e. The third kappa shape index (κ3) is 1.36. The molecule has 0 aliphatic heterocycles. The lowest BCUT2D eigenvalue weighted by atomic mass is 10.3. The summed E-state index contributed by atoms with van der Waals surface area (Å²) in [6.45, 7) is 0. The Morgan fingerprint density at radius 2 is 1.75 bits per heavy atom. The van der Waals surface area contributed by atoms with Crippen molar-refractivity contribution in [2.75, 3.05) is 0 Å². The van der Waals surface area contributed by atoms with Gasteiger partial charge in [-0.2, -0.15) is 0 Å². The van der Waals surface area contributed by atoms with Crippen LogP contribution < -0.4 is 0 Å². The number of benzene rings is 1. The van der Waals surface area contributed by atoms with E-state index in [0.717, 1.165) is 20.0 Å². The van der Waals surface area contributed by atoms with Crippen molar-refractivity contribution < 1.29 is 0 Å². The van der Waals surface area contributed by atoms with E-state index in [-0.39, 0.29) is 0 Å². The molecule has 2 rings (SSSR count). The Bertz CT molecular complexity index is 428. The zero-order chi connectivity index (χ0) is 8.55. The van der Waals surface area contributed by atoms with Crippen molar-refractivity contribution in [1.82, 2.24) is 9.97 Å². The fourth-order valence-corrected chi connectivity index (χ4v) is 2.31. The van der Waals surface area contributed by atoms with Gasteiger partial charge in [0.1, 0.15) is 5.52 Å². The van der Waals surface area contributed by atoms with Crippen molar-refractivity contribution in [3.8, 4) is 0 Å². The average Bonchev–Trinajstić information content (AvgIpc) is 2.04. The summed E-state index contributed by atoms with van der Waals surface area (Å²) in [5.41, 5.74) is 1.78. The maximum atomic E-state index is 4.19. The van der Waals surface area contributed by atoms with Crippen LogP contribution in [0.15, 0.2) is 33.5 Å². The van der Waals surface area contributed by atoms with Gasteiger partial charge >= 0.3 is 0 Å². The number of nitrogens with zero attached hydrogens (tertiary/aromatic N) is 2. The van der Waals surface area contributed by atoms with E-state index in [9.17, 15) is 0 Å². The Hall–Kier alpha value is -0.480. The Morgan fingerprint density at radius 3 is 2.58 bits per heavy atom. The van der Waals surface area contributed by atoms with Crippen LogP contribution >= 0.6 is 31.9 Å². The van der Waals surface area contributed by atoms with Gasteiger partial charge in [-0.15, -0.1) is 0 Å². The van der Waals surface area contributed by atoms with Crippen LogP contribution in [0, 0.1) is 0 Å². The van der Waals surface area contributed by atoms with Crippen molar-refractivity contribution in [1.29, 1.82) is 0 Å². The summed E-state index contributed by atoms with van der Waals surface area (Å²) in [5, 5.41) is 0. The predicted octanol–water partition coefficient (Wildman–Crippen LogP) is 3.15. The van der Waals surface area contributed by atoms with Gasteiger partial charge in [0.15, 0.2) is 0 Å². The van der Waals surface area contributed by atoms with Crippen LogP contribution in [0.25, 0.3) is 11.0 Å². The molecule has 0 N–H and O–H groups in total. The number of rotatable bonds is 0. The molecule has 0 atom stereocenters. The first-order valence-electron chi connectivity index (χ1n) is 3.33. The van der Waals surface area contributed by atoms with Crippen LogP contribution in [0.3, 0.4) is 0 Å². The lowest BCUT2D eigenvalue weighted by molar-refractivity contribution is 1.28. The zero-order valence-electron chi connectivity index (χ0n) is 5.96. The molecule has 0 bridgehead atoms. The van der Waals surface area contributed by atoms with Crippen LogP contribution in [0.1, 0.15) is 0 Å². The summed E-state index contributed by atoms with van der Waals surface area (Å²) < 4.78 is 1.96. The third-order valence-electron chi connectivity index (χ3n) is 1.49. The summed E-state index contributed by atoms with van der Waals surface area (Å²) in [4.78, 5) is 8.37. The first-order valence-corrected chi connectivity index (χ1v) is 4.92. The van der Waals surface area contributed by atoms with Gasteiger partial charge in [0, 0.05) is 21.3 Å². The fourth-order valence-electron chi connectivity index (χ4n) is 1.00. The second kappa shape index (κ2) is 3.11. The highest BCUT2D eigenvalue weighted by molar-refractivity contribution is 9.11. The van der Waals surface area contributed by atoms with Crippen LogP contribution in [0.4, 0.5) is 0 Å². The Labute approximate surface area is 86.3 Å². The fraction of sp³-hybridized carbons (Fsp3) is 0. The minimum atomic E-state index is 0.888. The minimum Gasteiger partial charge on any atom is -0.253 e. The molecule has 0 spiro atoms. The number of aromatic nitrogens is 2. The second-order valence-corrected chi connectivity index (χ2v) is 4.08. The Kier molecular flexibility index (Phi) is 2.11. The van der Waals surface area contributed by atoms with E-state index in [1.165, 1.54) is 0 Å². The highest BCUT2D eigenvalue weighted by Gasteiger charge is 2.00. The zero-order valence-corrected chi connectivity index (χ0v) is 9.13. The highest BCUT2D eigenvalue weighted by Crippen LogP contribution is 2.24. The molecule has 60 valence electrons. The monoisotopic (exact) mass is 286 g/mol. The molecule has 0 fully saturated rings. The number of halogens is 2. The average molecular weight is 288 g/mol. The molecule has 1 aromatic heterocycles. The van der Waals surface area contributed by atoms with E-state index in [1.807, 2.05) is 12.1 Å².